The van der Waals surface area contributed by atoms with Gasteiger partial charge in [0.15, 0.2) is 5.78 Å². The lowest BCUT2D eigenvalue weighted by Gasteiger charge is -2.23. The number of rotatable bonds is 9. The van der Waals surface area contributed by atoms with Gasteiger partial charge >= 0.3 is 0 Å². The second-order valence-electron chi connectivity index (χ2n) is 7.48. The summed E-state index contributed by atoms with van der Waals surface area (Å²) in [6, 6.07) is -0.495. The van der Waals surface area contributed by atoms with Gasteiger partial charge in [-0.15, -0.1) is 0 Å². The number of hydrogen-bond acceptors (Lipinski definition) is 3. The summed E-state index contributed by atoms with van der Waals surface area (Å²) in [5.74, 6) is -0.360. The van der Waals surface area contributed by atoms with Gasteiger partial charge in [-0.25, -0.2) is 0 Å². The molecule has 0 aromatic rings. The van der Waals surface area contributed by atoms with Gasteiger partial charge in [0.25, 0.3) is 0 Å². The molecule has 1 amide bonds. The van der Waals surface area contributed by atoms with E-state index in [1.54, 1.807) is 6.92 Å². The fraction of sp³-hybridized carbons (Fsp3) is 0.824. The Morgan fingerprint density at radius 2 is 1.64 bits per heavy atom. The summed E-state index contributed by atoms with van der Waals surface area (Å²) in [6.45, 7) is 11.9. The zero-order valence-corrected chi connectivity index (χ0v) is 16.8. The Balaban J connectivity index is 4.58. The molecular formula is C17H30INO3. The van der Waals surface area contributed by atoms with E-state index in [2.05, 4.69) is 26.1 Å². The number of carbonyl (C=O) groups excluding carboxylic acids is 3. The van der Waals surface area contributed by atoms with Gasteiger partial charge < -0.3 is 5.32 Å². The van der Waals surface area contributed by atoms with Gasteiger partial charge in [-0.3, -0.25) is 14.4 Å². The summed E-state index contributed by atoms with van der Waals surface area (Å²) in [5.41, 5.74) is 0.104. The number of alkyl halides is 1. The molecule has 22 heavy (non-hydrogen) atoms. The molecule has 1 N–H and O–H groups in total. The summed E-state index contributed by atoms with van der Waals surface area (Å²) in [5, 5.41) is 2.78. The number of halogens is 1. The van der Waals surface area contributed by atoms with E-state index in [1.165, 1.54) is 0 Å². The fourth-order valence-electron chi connectivity index (χ4n) is 2.05. The van der Waals surface area contributed by atoms with E-state index >= 15 is 0 Å². The van der Waals surface area contributed by atoms with Gasteiger partial charge in [0, 0.05) is 18.8 Å². The maximum absolute atomic E-state index is 12.3. The highest BCUT2D eigenvalue weighted by Gasteiger charge is 2.27. The SMILES string of the molecule is CC(C)[C@H](CC(=O)CI)C(=O)N[C@@H](C)C(=O)CCC(C)(C)C. The van der Waals surface area contributed by atoms with Crippen molar-refractivity contribution in [2.45, 2.75) is 66.8 Å². The molecular weight excluding hydrogens is 393 g/mol. The molecule has 0 radical (unpaired) electrons. The van der Waals surface area contributed by atoms with Crippen molar-refractivity contribution in [1.29, 1.82) is 0 Å². The third kappa shape index (κ3) is 8.86. The van der Waals surface area contributed by atoms with Crippen LogP contribution in [0.2, 0.25) is 0 Å². The van der Waals surface area contributed by atoms with Crippen LogP contribution in [0.25, 0.3) is 0 Å². The minimum absolute atomic E-state index is 0.0472. The van der Waals surface area contributed by atoms with Crippen LogP contribution in [0.15, 0.2) is 0 Å². The van der Waals surface area contributed by atoms with Crippen LogP contribution in [0, 0.1) is 17.3 Å². The molecule has 0 aromatic heterocycles. The van der Waals surface area contributed by atoms with Crippen LogP contribution >= 0.6 is 22.6 Å². The Labute approximate surface area is 148 Å². The van der Waals surface area contributed by atoms with Gasteiger partial charge in [0.2, 0.25) is 5.91 Å². The number of amides is 1. The zero-order valence-electron chi connectivity index (χ0n) is 14.7. The summed E-state index contributed by atoms with van der Waals surface area (Å²) >= 11 is 2.01. The van der Waals surface area contributed by atoms with Crippen molar-refractivity contribution in [3.63, 3.8) is 0 Å². The number of nitrogens with one attached hydrogen (secondary N) is 1. The van der Waals surface area contributed by atoms with Crippen molar-refractivity contribution in [3.05, 3.63) is 0 Å². The summed E-state index contributed by atoms with van der Waals surface area (Å²) < 4.78 is 0.411. The molecule has 0 fully saturated rings. The monoisotopic (exact) mass is 423 g/mol. The van der Waals surface area contributed by atoms with Crippen LogP contribution in [-0.4, -0.2) is 27.9 Å². The molecule has 0 spiro atoms. The number of ketones is 2. The van der Waals surface area contributed by atoms with E-state index in [0.29, 0.717) is 10.8 Å². The van der Waals surface area contributed by atoms with E-state index in [9.17, 15) is 14.4 Å². The van der Waals surface area contributed by atoms with Gasteiger partial charge in [-0.05, 0) is 24.7 Å². The Morgan fingerprint density at radius 3 is 2.05 bits per heavy atom. The highest BCUT2D eigenvalue weighted by molar-refractivity contribution is 14.1. The summed E-state index contributed by atoms with van der Waals surface area (Å²) in [6.07, 6.45) is 1.51. The summed E-state index contributed by atoms with van der Waals surface area (Å²) in [4.78, 5) is 36.1. The largest absolute Gasteiger partial charge is 0.346 e. The lowest BCUT2D eigenvalue weighted by atomic mass is 9.88. The van der Waals surface area contributed by atoms with Crippen molar-refractivity contribution in [1.82, 2.24) is 5.32 Å². The molecule has 0 saturated carbocycles. The van der Waals surface area contributed by atoms with E-state index in [-0.39, 0.29) is 41.1 Å². The predicted molar refractivity (Wildman–Crippen MR) is 98.1 cm³/mol. The first-order valence-corrected chi connectivity index (χ1v) is 9.41. The molecule has 0 saturated heterocycles. The van der Waals surface area contributed by atoms with E-state index < -0.39 is 6.04 Å². The first-order chi connectivity index (χ1) is 9.97. The lowest BCUT2D eigenvalue weighted by Crippen LogP contribution is -2.43. The standard InChI is InChI=1S/C17H30INO3/c1-11(2)14(9-13(20)10-18)16(22)19-12(3)15(21)7-8-17(4,5)6/h11-12,14H,7-10H2,1-6H3,(H,19,22)/t12-,14-/m0/s1. The molecule has 0 unspecified atom stereocenters. The Kier molecular flexibility index (Phi) is 9.43. The molecule has 128 valence electrons. The average Bonchev–Trinajstić information content (AvgIpc) is 2.40. The van der Waals surface area contributed by atoms with Gasteiger partial charge in [0.05, 0.1) is 10.5 Å². The average molecular weight is 423 g/mol. The minimum Gasteiger partial charge on any atom is -0.346 e. The minimum atomic E-state index is -0.495. The first kappa shape index (κ1) is 21.5. The molecule has 4 nitrogen and oxygen atoms in total. The number of Topliss-reactive ketones (excluding diaryl/α,β-unsaturated/α-hetero) is 2. The van der Waals surface area contributed by atoms with Crippen molar-refractivity contribution >= 4 is 40.1 Å². The van der Waals surface area contributed by atoms with E-state index in [1.807, 2.05) is 36.4 Å². The van der Waals surface area contributed by atoms with Crippen molar-refractivity contribution < 1.29 is 14.4 Å². The molecule has 2 atom stereocenters. The van der Waals surface area contributed by atoms with Crippen LogP contribution in [0.4, 0.5) is 0 Å². The molecule has 5 heteroatoms. The molecule has 0 aromatic carbocycles. The highest BCUT2D eigenvalue weighted by Crippen LogP contribution is 2.21. The molecule has 0 aliphatic carbocycles. The van der Waals surface area contributed by atoms with Crippen LogP contribution in [0.3, 0.4) is 0 Å². The number of hydrogen-bond donors (Lipinski definition) is 1. The second kappa shape index (κ2) is 9.63. The van der Waals surface area contributed by atoms with Crippen LogP contribution in [-0.2, 0) is 14.4 Å². The molecule has 0 rings (SSSR count). The van der Waals surface area contributed by atoms with Gasteiger partial charge in [0.1, 0.15) is 5.78 Å². The first-order valence-electron chi connectivity index (χ1n) is 7.88. The van der Waals surface area contributed by atoms with Gasteiger partial charge in [-0.2, -0.15) is 0 Å². The Bertz CT molecular complexity index is 399. The van der Waals surface area contributed by atoms with Crippen molar-refractivity contribution in [3.8, 4) is 0 Å². The van der Waals surface area contributed by atoms with Crippen molar-refractivity contribution in [2.24, 2.45) is 17.3 Å². The van der Waals surface area contributed by atoms with Crippen LogP contribution < -0.4 is 5.32 Å². The fourth-order valence-corrected chi connectivity index (χ4v) is 2.36. The molecule has 0 heterocycles. The van der Waals surface area contributed by atoms with Gasteiger partial charge in [-0.1, -0.05) is 57.2 Å². The molecule has 0 aliphatic rings. The number of carbonyl (C=O) groups is 3. The van der Waals surface area contributed by atoms with Crippen molar-refractivity contribution in [2.75, 3.05) is 4.43 Å². The van der Waals surface area contributed by atoms with E-state index in [4.69, 9.17) is 0 Å². The molecule has 0 bridgehead atoms. The Hall–Kier alpha value is -0.460. The van der Waals surface area contributed by atoms with Crippen LogP contribution in [0.5, 0.6) is 0 Å². The third-order valence-corrected chi connectivity index (χ3v) is 4.55. The lowest BCUT2D eigenvalue weighted by molar-refractivity contribution is -0.133. The third-order valence-electron chi connectivity index (χ3n) is 3.70. The highest BCUT2D eigenvalue weighted by atomic mass is 127. The normalized spacial score (nSPS) is 14.5. The molecule has 0 aliphatic heterocycles. The maximum Gasteiger partial charge on any atom is 0.224 e. The maximum atomic E-state index is 12.3. The summed E-state index contributed by atoms with van der Waals surface area (Å²) in [7, 11) is 0. The smallest absolute Gasteiger partial charge is 0.224 e. The predicted octanol–water partition coefficient (Wildman–Crippen LogP) is 3.55. The Morgan fingerprint density at radius 1 is 1.09 bits per heavy atom. The topological polar surface area (TPSA) is 63.2 Å². The second-order valence-corrected chi connectivity index (χ2v) is 8.25. The van der Waals surface area contributed by atoms with E-state index in [0.717, 1.165) is 6.42 Å². The quantitative estimate of drug-likeness (QED) is 0.456. The zero-order chi connectivity index (χ0) is 17.5. The van der Waals surface area contributed by atoms with Crippen LogP contribution in [0.1, 0.15) is 60.8 Å².